The van der Waals surface area contributed by atoms with Crippen molar-refractivity contribution < 1.29 is 5.11 Å². The number of hydrogen-bond donors (Lipinski definition) is 2. The first-order valence-corrected chi connectivity index (χ1v) is 5.00. The Kier molecular flexibility index (Phi) is 2.55. The topological polar surface area (TPSA) is 46.2 Å². The first-order chi connectivity index (χ1) is 6.75. The second kappa shape index (κ2) is 3.84. The average molecular weight is 189 g/mol. The van der Waals surface area contributed by atoms with Gasteiger partial charge in [0, 0.05) is 6.04 Å². The molecule has 2 heteroatoms. The molecule has 0 heterocycles. The maximum absolute atomic E-state index is 9.34. The summed E-state index contributed by atoms with van der Waals surface area (Å²) in [5, 5.41) is 9.34. The van der Waals surface area contributed by atoms with Crippen molar-refractivity contribution in [2.45, 2.75) is 25.3 Å². The maximum atomic E-state index is 9.34. The fraction of sp³-hybridized carbons (Fsp3) is 0.333. The number of allylic oxidation sites excluding steroid dienone is 1. The van der Waals surface area contributed by atoms with Crippen LogP contribution in [0.1, 0.15) is 24.8 Å². The van der Waals surface area contributed by atoms with E-state index in [0.29, 0.717) is 11.8 Å². The number of phenols is 1. The second-order valence-electron chi connectivity index (χ2n) is 3.81. The Morgan fingerprint density at radius 3 is 2.86 bits per heavy atom. The van der Waals surface area contributed by atoms with Gasteiger partial charge in [-0.05, 0) is 42.5 Å². The zero-order valence-electron chi connectivity index (χ0n) is 8.11. The van der Waals surface area contributed by atoms with Crippen LogP contribution < -0.4 is 5.73 Å². The van der Waals surface area contributed by atoms with Crippen molar-refractivity contribution in [1.29, 1.82) is 0 Å². The molecule has 0 saturated carbocycles. The van der Waals surface area contributed by atoms with Gasteiger partial charge in [-0.15, -0.1) is 0 Å². The van der Waals surface area contributed by atoms with Crippen LogP contribution in [0.4, 0.5) is 0 Å². The van der Waals surface area contributed by atoms with Gasteiger partial charge >= 0.3 is 0 Å². The number of hydrogen-bond acceptors (Lipinski definition) is 2. The lowest BCUT2D eigenvalue weighted by molar-refractivity contribution is 0.475. The van der Waals surface area contributed by atoms with E-state index in [-0.39, 0.29) is 0 Å². The van der Waals surface area contributed by atoms with Crippen molar-refractivity contribution in [3.8, 4) is 5.75 Å². The summed E-state index contributed by atoms with van der Waals surface area (Å²) in [7, 11) is 0. The number of nitrogens with two attached hydrogens (primary N) is 1. The fourth-order valence-corrected chi connectivity index (χ4v) is 1.82. The minimum Gasteiger partial charge on any atom is -0.508 e. The van der Waals surface area contributed by atoms with Gasteiger partial charge < -0.3 is 10.8 Å². The van der Waals surface area contributed by atoms with Crippen molar-refractivity contribution in [1.82, 2.24) is 0 Å². The largest absolute Gasteiger partial charge is 0.508 e. The third-order valence-corrected chi connectivity index (χ3v) is 2.67. The van der Waals surface area contributed by atoms with Gasteiger partial charge in [0.15, 0.2) is 0 Å². The SMILES string of the molecule is NC1CC=C(c2cccc(O)c2)CC1. The van der Waals surface area contributed by atoms with Crippen molar-refractivity contribution in [2.24, 2.45) is 5.73 Å². The van der Waals surface area contributed by atoms with Gasteiger partial charge in [0.2, 0.25) is 0 Å². The van der Waals surface area contributed by atoms with Crippen molar-refractivity contribution >= 4 is 5.57 Å². The predicted molar refractivity (Wildman–Crippen MR) is 57.9 cm³/mol. The van der Waals surface area contributed by atoms with Crippen LogP contribution in [0.25, 0.3) is 5.57 Å². The molecule has 14 heavy (non-hydrogen) atoms. The first kappa shape index (κ1) is 9.28. The zero-order chi connectivity index (χ0) is 9.97. The lowest BCUT2D eigenvalue weighted by atomic mass is 9.91. The monoisotopic (exact) mass is 189 g/mol. The first-order valence-electron chi connectivity index (χ1n) is 5.00. The number of phenolic OH excluding ortho intramolecular Hbond substituents is 1. The molecule has 0 aliphatic heterocycles. The molecule has 1 atom stereocenters. The van der Waals surface area contributed by atoms with E-state index in [9.17, 15) is 5.11 Å². The normalized spacial score (nSPS) is 21.8. The summed E-state index contributed by atoms with van der Waals surface area (Å²) in [6, 6.07) is 7.72. The standard InChI is InChI=1S/C12H15NO/c13-11-6-4-9(5-7-11)10-2-1-3-12(14)8-10/h1-4,8,11,14H,5-7,13H2. The van der Waals surface area contributed by atoms with Crippen molar-refractivity contribution in [2.75, 3.05) is 0 Å². The average Bonchev–Trinajstić information content (AvgIpc) is 2.19. The molecule has 1 aromatic rings. The number of benzene rings is 1. The third-order valence-electron chi connectivity index (χ3n) is 2.67. The molecular formula is C12H15NO. The molecule has 0 spiro atoms. The number of aromatic hydroxyl groups is 1. The number of rotatable bonds is 1. The lowest BCUT2D eigenvalue weighted by Gasteiger charge is -2.18. The van der Waals surface area contributed by atoms with Crippen LogP contribution in [0.2, 0.25) is 0 Å². The summed E-state index contributed by atoms with van der Waals surface area (Å²) in [4.78, 5) is 0. The molecule has 0 amide bonds. The molecule has 3 N–H and O–H groups in total. The van der Waals surface area contributed by atoms with Crippen molar-refractivity contribution in [3.05, 3.63) is 35.9 Å². The molecule has 1 unspecified atom stereocenters. The summed E-state index contributed by atoms with van der Waals surface area (Å²) in [6.45, 7) is 0. The van der Waals surface area contributed by atoms with Crippen LogP contribution in [-0.2, 0) is 0 Å². The minimum absolute atomic E-state index is 0.316. The minimum atomic E-state index is 0.316. The molecule has 1 aromatic carbocycles. The van der Waals surface area contributed by atoms with Gasteiger partial charge in [0.05, 0.1) is 0 Å². The Labute approximate surface area is 84.1 Å². The van der Waals surface area contributed by atoms with Crippen LogP contribution in [0, 0.1) is 0 Å². The Bertz CT molecular complexity index is 357. The predicted octanol–water partition coefficient (Wildman–Crippen LogP) is 2.29. The Morgan fingerprint density at radius 1 is 1.36 bits per heavy atom. The molecule has 1 aliphatic rings. The Morgan fingerprint density at radius 2 is 2.21 bits per heavy atom. The van der Waals surface area contributed by atoms with Gasteiger partial charge in [0.25, 0.3) is 0 Å². The molecule has 1 aliphatic carbocycles. The zero-order valence-corrected chi connectivity index (χ0v) is 8.11. The molecule has 0 radical (unpaired) electrons. The van der Waals surface area contributed by atoms with Gasteiger partial charge in [0.1, 0.15) is 5.75 Å². The van der Waals surface area contributed by atoms with Crippen LogP contribution in [0.5, 0.6) is 5.75 Å². The van der Waals surface area contributed by atoms with E-state index in [1.807, 2.05) is 18.2 Å². The van der Waals surface area contributed by atoms with E-state index in [1.165, 1.54) is 5.57 Å². The van der Waals surface area contributed by atoms with Gasteiger partial charge in [-0.1, -0.05) is 18.2 Å². The quantitative estimate of drug-likeness (QED) is 0.712. The van der Waals surface area contributed by atoms with Crippen LogP contribution in [0.3, 0.4) is 0 Å². The fourth-order valence-electron chi connectivity index (χ4n) is 1.82. The highest BCUT2D eigenvalue weighted by Gasteiger charge is 2.11. The van der Waals surface area contributed by atoms with E-state index >= 15 is 0 Å². The highest BCUT2D eigenvalue weighted by Crippen LogP contribution is 2.27. The lowest BCUT2D eigenvalue weighted by Crippen LogP contribution is -2.21. The molecular weight excluding hydrogens is 174 g/mol. The summed E-state index contributed by atoms with van der Waals surface area (Å²) in [6.07, 6.45) is 5.19. The highest BCUT2D eigenvalue weighted by molar-refractivity contribution is 5.67. The molecule has 0 aromatic heterocycles. The van der Waals surface area contributed by atoms with Crippen molar-refractivity contribution in [3.63, 3.8) is 0 Å². The highest BCUT2D eigenvalue weighted by atomic mass is 16.3. The van der Waals surface area contributed by atoms with Crippen LogP contribution in [-0.4, -0.2) is 11.1 Å². The van der Waals surface area contributed by atoms with E-state index in [1.54, 1.807) is 6.07 Å². The Balaban J connectivity index is 2.23. The smallest absolute Gasteiger partial charge is 0.116 e. The van der Waals surface area contributed by atoms with E-state index in [2.05, 4.69) is 6.08 Å². The third kappa shape index (κ3) is 1.96. The molecule has 74 valence electrons. The molecule has 0 bridgehead atoms. The second-order valence-corrected chi connectivity index (χ2v) is 3.81. The molecule has 0 saturated heterocycles. The van der Waals surface area contributed by atoms with Crippen LogP contribution >= 0.6 is 0 Å². The summed E-state index contributed by atoms with van der Waals surface area (Å²) < 4.78 is 0. The Hall–Kier alpha value is -1.28. The summed E-state index contributed by atoms with van der Waals surface area (Å²) in [5.74, 6) is 0.332. The molecule has 2 nitrogen and oxygen atoms in total. The summed E-state index contributed by atoms with van der Waals surface area (Å²) in [5.41, 5.74) is 8.24. The van der Waals surface area contributed by atoms with E-state index in [0.717, 1.165) is 24.8 Å². The molecule has 0 fully saturated rings. The molecule has 2 rings (SSSR count). The van der Waals surface area contributed by atoms with Crippen LogP contribution in [0.15, 0.2) is 30.3 Å². The van der Waals surface area contributed by atoms with E-state index < -0.39 is 0 Å². The van der Waals surface area contributed by atoms with Gasteiger partial charge in [-0.3, -0.25) is 0 Å². The van der Waals surface area contributed by atoms with E-state index in [4.69, 9.17) is 5.73 Å². The van der Waals surface area contributed by atoms with Gasteiger partial charge in [-0.2, -0.15) is 0 Å². The van der Waals surface area contributed by atoms with Gasteiger partial charge in [-0.25, -0.2) is 0 Å². The maximum Gasteiger partial charge on any atom is 0.116 e. The summed E-state index contributed by atoms with van der Waals surface area (Å²) >= 11 is 0.